The van der Waals surface area contributed by atoms with Crippen LogP contribution in [0.2, 0.25) is 0 Å². The Labute approximate surface area is 97.9 Å². The molecule has 0 heterocycles. The fraction of sp³-hybridized carbons (Fsp3) is 0.917. The van der Waals surface area contributed by atoms with Crippen molar-refractivity contribution in [1.82, 2.24) is 5.32 Å². The fourth-order valence-electron chi connectivity index (χ4n) is 2.21. The van der Waals surface area contributed by atoms with Crippen LogP contribution in [0.4, 0.5) is 4.79 Å². The topological polar surface area (TPSA) is 64.3 Å². The van der Waals surface area contributed by atoms with Gasteiger partial charge in [0.25, 0.3) is 0 Å². The van der Waals surface area contributed by atoms with E-state index in [1.807, 2.05) is 27.7 Å². The van der Waals surface area contributed by atoms with Crippen molar-refractivity contribution in [3.63, 3.8) is 0 Å². The number of carbonyl (C=O) groups is 1. The summed E-state index contributed by atoms with van der Waals surface area (Å²) in [6.45, 7) is 7.53. The van der Waals surface area contributed by atoms with Crippen LogP contribution in [0, 0.1) is 0 Å². The van der Waals surface area contributed by atoms with Crippen LogP contribution in [0.3, 0.4) is 0 Å². The van der Waals surface area contributed by atoms with E-state index in [2.05, 4.69) is 5.32 Å². The number of ether oxygens (including phenoxy) is 1. The van der Waals surface area contributed by atoms with Crippen molar-refractivity contribution in [2.24, 2.45) is 5.73 Å². The average molecular weight is 228 g/mol. The van der Waals surface area contributed by atoms with Gasteiger partial charge in [0.05, 0.1) is 5.54 Å². The largest absolute Gasteiger partial charge is 0.444 e. The van der Waals surface area contributed by atoms with Crippen molar-refractivity contribution in [1.29, 1.82) is 0 Å². The molecule has 0 aromatic heterocycles. The van der Waals surface area contributed by atoms with Gasteiger partial charge in [0.1, 0.15) is 5.60 Å². The van der Waals surface area contributed by atoms with Crippen molar-refractivity contribution in [2.45, 2.75) is 70.6 Å². The van der Waals surface area contributed by atoms with Crippen molar-refractivity contribution in [3.05, 3.63) is 0 Å². The van der Waals surface area contributed by atoms with E-state index in [0.29, 0.717) is 0 Å². The predicted octanol–water partition coefficient (Wildman–Crippen LogP) is 2.17. The fourth-order valence-corrected chi connectivity index (χ4v) is 2.21. The average Bonchev–Trinajstić information content (AvgIpc) is 2.49. The molecule has 1 rings (SSSR count). The number of carbonyl (C=O) groups excluding carboxylic acids is 1. The molecule has 0 radical (unpaired) electrons. The van der Waals surface area contributed by atoms with Crippen molar-refractivity contribution >= 4 is 6.09 Å². The van der Waals surface area contributed by atoms with Gasteiger partial charge in [-0.25, -0.2) is 4.79 Å². The first-order valence-electron chi connectivity index (χ1n) is 6.02. The summed E-state index contributed by atoms with van der Waals surface area (Å²) < 4.78 is 5.27. The monoisotopic (exact) mass is 228 g/mol. The highest BCUT2D eigenvalue weighted by atomic mass is 16.6. The van der Waals surface area contributed by atoms with Gasteiger partial charge in [-0.1, -0.05) is 12.8 Å². The SMILES string of the molecule is CC(N)C1(NC(=O)OC(C)(C)C)CCCC1. The minimum Gasteiger partial charge on any atom is -0.444 e. The summed E-state index contributed by atoms with van der Waals surface area (Å²) in [4.78, 5) is 11.7. The molecular weight excluding hydrogens is 204 g/mol. The molecule has 1 aliphatic rings. The molecule has 1 atom stereocenters. The van der Waals surface area contributed by atoms with Gasteiger partial charge in [0, 0.05) is 6.04 Å². The second-order valence-electron chi connectivity index (χ2n) is 5.78. The summed E-state index contributed by atoms with van der Waals surface area (Å²) in [5.41, 5.74) is 5.26. The van der Waals surface area contributed by atoms with Crippen molar-refractivity contribution in [2.75, 3.05) is 0 Å². The number of rotatable bonds is 2. The maximum atomic E-state index is 11.7. The molecule has 1 amide bonds. The van der Waals surface area contributed by atoms with Crippen LogP contribution in [-0.4, -0.2) is 23.3 Å². The highest BCUT2D eigenvalue weighted by Crippen LogP contribution is 2.32. The number of nitrogens with one attached hydrogen (secondary N) is 1. The Hall–Kier alpha value is -0.770. The zero-order chi connectivity index (χ0) is 12.4. The van der Waals surface area contributed by atoms with E-state index in [1.165, 1.54) is 0 Å². The Morgan fingerprint density at radius 2 is 1.88 bits per heavy atom. The van der Waals surface area contributed by atoms with Crippen LogP contribution in [-0.2, 0) is 4.74 Å². The second kappa shape index (κ2) is 4.62. The molecule has 0 aromatic rings. The van der Waals surface area contributed by atoms with E-state index >= 15 is 0 Å². The Bertz CT molecular complexity index is 250. The van der Waals surface area contributed by atoms with Gasteiger partial charge in [-0.15, -0.1) is 0 Å². The molecule has 4 nitrogen and oxygen atoms in total. The lowest BCUT2D eigenvalue weighted by Crippen LogP contribution is -2.57. The Balaban J connectivity index is 2.60. The van der Waals surface area contributed by atoms with Crippen LogP contribution in [0.1, 0.15) is 53.4 Å². The predicted molar refractivity (Wildman–Crippen MR) is 64.2 cm³/mol. The first kappa shape index (κ1) is 13.3. The summed E-state index contributed by atoms with van der Waals surface area (Å²) in [5, 5.41) is 2.96. The van der Waals surface area contributed by atoms with E-state index in [9.17, 15) is 4.79 Å². The highest BCUT2D eigenvalue weighted by molar-refractivity contribution is 5.69. The van der Waals surface area contributed by atoms with E-state index < -0.39 is 5.60 Å². The van der Waals surface area contributed by atoms with Gasteiger partial charge in [-0.3, -0.25) is 0 Å². The summed E-state index contributed by atoms with van der Waals surface area (Å²) in [6.07, 6.45) is 3.79. The third-order valence-electron chi connectivity index (χ3n) is 3.12. The van der Waals surface area contributed by atoms with Gasteiger partial charge < -0.3 is 15.8 Å². The molecule has 0 bridgehead atoms. The number of nitrogens with two attached hydrogens (primary N) is 1. The van der Waals surface area contributed by atoms with Crippen LogP contribution in [0.15, 0.2) is 0 Å². The minimum atomic E-state index is -0.457. The first-order chi connectivity index (χ1) is 7.25. The molecule has 0 saturated heterocycles. The molecule has 1 fully saturated rings. The zero-order valence-electron chi connectivity index (χ0n) is 10.8. The molecular formula is C12H24N2O2. The Morgan fingerprint density at radius 3 is 2.25 bits per heavy atom. The second-order valence-corrected chi connectivity index (χ2v) is 5.78. The zero-order valence-corrected chi connectivity index (χ0v) is 10.8. The maximum absolute atomic E-state index is 11.7. The molecule has 1 unspecified atom stereocenters. The van der Waals surface area contributed by atoms with E-state index in [0.717, 1.165) is 25.7 Å². The van der Waals surface area contributed by atoms with Crippen LogP contribution < -0.4 is 11.1 Å². The number of amides is 1. The summed E-state index contributed by atoms with van der Waals surface area (Å²) in [5.74, 6) is 0. The molecule has 0 spiro atoms. The summed E-state index contributed by atoms with van der Waals surface area (Å²) >= 11 is 0. The lowest BCUT2D eigenvalue weighted by Gasteiger charge is -2.35. The molecule has 0 aromatic carbocycles. The van der Waals surface area contributed by atoms with Crippen LogP contribution in [0.5, 0.6) is 0 Å². The molecule has 16 heavy (non-hydrogen) atoms. The van der Waals surface area contributed by atoms with E-state index in [1.54, 1.807) is 0 Å². The molecule has 0 aliphatic heterocycles. The van der Waals surface area contributed by atoms with Crippen LogP contribution >= 0.6 is 0 Å². The molecule has 1 saturated carbocycles. The lowest BCUT2D eigenvalue weighted by atomic mass is 9.90. The third kappa shape index (κ3) is 3.37. The van der Waals surface area contributed by atoms with Crippen molar-refractivity contribution in [3.8, 4) is 0 Å². The third-order valence-corrected chi connectivity index (χ3v) is 3.12. The summed E-state index contributed by atoms with van der Waals surface area (Å²) in [6, 6.07) is -0.0393. The van der Waals surface area contributed by atoms with Gasteiger partial charge in [-0.05, 0) is 40.5 Å². The molecule has 3 N–H and O–H groups in total. The van der Waals surface area contributed by atoms with Crippen molar-refractivity contribution < 1.29 is 9.53 Å². The highest BCUT2D eigenvalue weighted by Gasteiger charge is 2.39. The Kier molecular flexibility index (Phi) is 3.84. The lowest BCUT2D eigenvalue weighted by molar-refractivity contribution is 0.0442. The molecule has 94 valence electrons. The van der Waals surface area contributed by atoms with Gasteiger partial charge >= 0.3 is 6.09 Å². The standard InChI is InChI=1S/C12H24N2O2/c1-9(13)12(7-5-6-8-12)14-10(15)16-11(2,3)4/h9H,5-8,13H2,1-4H3,(H,14,15). The van der Waals surface area contributed by atoms with Crippen LogP contribution in [0.25, 0.3) is 0 Å². The minimum absolute atomic E-state index is 0.0393. The number of hydrogen-bond donors (Lipinski definition) is 2. The number of hydrogen-bond acceptors (Lipinski definition) is 3. The Morgan fingerprint density at radius 1 is 1.38 bits per heavy atom. The normalized spacial score (nSPS) is 21.6. The van der Waals surface area contributed by atoms with E-state index in [4.69, 9.17) is 10.5 Å². The van der Waals surface area contributed by atoms with Gasteiger partial charge in [-0.2, -0.15) is 0 Å². The first-order valence-corrected chi connectivity index (χ1v) is 6.02. The van der Waals surface area contributed by atoms with Gasteiger partial charge in [0.15, 0.2) is 0 Å². The smallest absolute Gasteiger partial charge is 0.408 e. The molecule has 1 aliphatic carbocycles. The maximum Gasteiger partial charge on any atom is 0.408 e. The van der Waals surface area contributed by atoms with E-state index in [-0.39, 0.29) is 17.7 Å². The van der Waals surface area contributed by atoms with Gasteiger partial charge in [0.2, 0.25) is 0 Å². The quantitative estimate of drug-likeness (QED) is 0.761. The molecule has 4 heteroatoms. The summed E-state index contributed by atoms with van der Waals surface area (Å²) in [7, 11) is 0. The number of alkyl carbamates (subject to hydrolysis) is 1.